The fraction of sp³-hybridized carbons (Fsp3) is 0.250. The minimum Gasteiger partial charge on any atom is -0.340 e. The van der Waals surface area contributed by atoms with E-state index in [1.807, 2.05) is 12.1 Å². The molecule has 0 saturated heterocycles. The van der Waals surface area contributed by atoms with Crippen LogP contribution in [0.15, 0.2) is 54.7 Å². The van der Waals surface area contributed by atoms with Crippen molar-refractivity contribution in [1.29, 1.82) is 0 Å². The molecule has 2 N–H and O–H groups in total. The molecule has 160 valence electrons. The van der Waals surface area contributed by atoms with Crippen molar-refractivity contribution in [1.82, 2.24) is 4.98 Å². The molecule has 0 radical (unpaired) electrons. The zero-order chi connectivity index (χ0) is 22.0. The molecule has 2 aromatic carbocycles. The molecule has 4 nitrogen and oxygen atoms in total. The molecule has 0 unspecified atom stereocenters. The van der Waals surface area contributed by atoms with E-state index in [9.17, 15) is 18.0 Å². The van der Waals surface area contributed by atoms with Crippen LogP contribution in [0.2, 0.25) is 0 Å². The second-order valence-corrected chi connectivity index (χ2v) is 7.64. The van der Waals surface area contributed by atoms with E-state index in [1.165, 1.54) is 30.5 Å². The third kappa shape index (κ3) is 4.71. The van der Waals surface area contributed by atoms with Crippen molar-refractivity contribution in [2.24, 2.45) is 0 Å². The highest BCUT2D eigenvalue weighted by atomic mass is 19.4. The molecular weight excluding hydrogens is 403 g/mol. The molecule has 0 saturated carbocycles. The molecule has 1 aliphatic carbocycles. The lowest BCUT2D eigenvalue weighted by atomic mass is 9.90. The lowest BCUT2D eigenvalue weighted by molar-refractivity contribution is -0.137. The van der Waals surface area contributed by atoms with Crippen LogP contribution in [0, 0.1) is 0 Å². The summed E-state index contributed by atoms with van der Waals surface area (Å²) in [6.45, 7) is 1.27. The third-order valence-electron chi connectivity index (χ3n) is 5.39. The van der Waals surface area contributed by atoms with E-state index >= 15 is 0 Å². The molecule has 7 heteroatoms. The SMILES string of the molecule is CC(=O)Nc1cc(C(F)(F)F)ccc1-c1ccnc(Nc2cccc3c2CCCC3)c1. The Morgan fingerprint density at radius 2 is 1.81 bits per heavy atom. The van der Waals surface area contributed by atoms with Crippen LogP contribution in [0.5, 0.6) is 0 Å². The van der Waals surface area contributed by atoms with Gasteiger partial charge in [-0.05, 0) is 72.7 Å². The zero-order valence-corrected chi connectivity index (χ0v) is 17.0. The number of amides is 1. The number of fused-ring (bicyclic) bond motifs is 1. The summed E-state index contributed by atoms with van der Waals surface area (Å²) < 4.78 is 39.5. The molecule has 0 bridgehead atoms. The smallest absolute Gasteiger partial charge is 0.340 e. The van der Waals surface area contributed by atoms with E-state index in [4.69, 9.17) is 0 Å². The summed E-state index contributed by atoms with van der Waals surface area (Å²) in [5, 5.41) is 5.87. The van der Waals surface area contributed by atoms with Gasteiger partial charge in [-0.15, -0.1) is 0 Å². The van der Waals surface area contributed by atoms with Crippen LogP contribution in [0.25, 0.3) is 11.1 Å². The molecule has 1 aliphatic rings. The summed E-state index contributed by atoms with van der Waals surface area (Å²) >= 11 is 0. The molecule has 4 rings (SSSR count). The lowest BCUT2D eigenvalue weighted by Gasteiger charge is -2.20. The topological polar surface area (TPSA) is 54.0 Å². The highest BCUT2D eigenvalue weighted by Crippen LogP contribution is 2.37. The minimum atomic E-state index is -4.50. The Hall–Kier alpha value is -3.35. The number of nitrogens with zero attached hydrogens (tertiary/aromatic N) is 1. The second kappa shape index (κ2) is 8.41. The number of alkyl halides is 3. The van der Waals surface area contributed by atoms with Crippen LogP contribution < -0.4 is 10.6 Å². The molecule has 0 atom stereocenters. The highest BCUT2D eigenvalue weighted by Gasteiger charge is 2.31. The van der Waals surface area contributed by atoms with Gasteiger partial charge in [-0.2, -0.15) is 13.2 Å². The molecule has 1 aromatic heterocycles. The van der Waals surface area contributed by atoms with Gasteiger partial charge in [0.15, 0.2) is 0 Å². The van der Waals surface area contributed by atoms with Gasteiger partial charge in [0.05, 0.1) is 5.56 Å². The van der Waals surface area contributed by atoms with Crippen LogP contribution >= 0.6 is 0 Å². The summed E-state index contributed by atoms with van der Waals surface area (Å²) in [4.78, 5) is 16.0. The van der Waals surface area contributed by atoms with Crippen molar-refractivity contribution in [3.63, 3.8) is 0 Å². The molecule has 1 heterocycles. The fourth-order valence-electron chi connectivity index (χ4n) is 3.97. The van der Waals surface area contributed by atoms with Gasteiger partial charge in [-0.1, -0.05) is 18.2 Å². The number of hydrogen-bond donors (Lipinski definition) is 2. The first kappa shape index (κ1) is 20.9. The molecule has 0 aliphatic heterocycles. The van der Waals surface area contributed by atoms with Crippen molar-refractivity contribution in [2.75, 3.05) is 10.6 Å². The zero-order valence-electron chi connectivity index (χ0n) is 17.0. The normalized spacial score (nSPS) is 13.4. The highest BCUT2D eigenvalue weighted by molar-refractivity contribution is 5.94. The number of carbonyl (C=O) groups excluding carboxylic acids is 1. The summed E-state index contributed by atoms with van der Waals surface area (Å²) in [6.07, 6.45) is 1.49. The van der Waals surface area contributed by atoms with E-state index in [1.54, 1.807) is 18.3 Å². The van der Waals surface area contributed by atoms with Crippen LogP contribution in [-0.4, -0.2) is 10.9 Å². The Kier molecular flexibility index (Phi) is 5.67. The summed E-state index contributed by atoms with van der Waals surface area (Å²) in [5.74, 6) is 0.147. The first-order valence-corrected chi connectivity index (χ1v) is 10.1. The number of anilines is 3. The van der Waals surface area contributed by atoms with Gasteiger partial charge in [0.2, 0.25) is 5.91 Å². The van der Waals surface area contributed by atoms with Crippen LogP contribution in [0.3, 0.4) is 0 Å². The maximum absolute atomic E-state index is 13.2. The summed E-state index contributed by atoms with van der Waals surface area (Å²) in [5.41, 5.74) is 4.05. The first-order chi connectivity index (χ1) is 14.8. The van der Waals surface area contributed by atoms with Crippen molar-refractivity contribution >= 4 is 23.1 Å². The fourth-order valence-corrected chi connectivity index (χ4v) is 3.97. The van der Waals surface area contributed by atoms with Crippen molar-refractivity contribution in [2.45, 2.75) is 38.8 Å². The van der Waals surface area contributed by atoms with E-state index < -0.39 is 17.6 Å². The van der Waals surface area contributed by atoms with Gasteiger partial charge in [0, 0.05) is 30.1 Å². The minimum absolute atomic E-state index is 0.108. The Labute approximate surface area is 178 Å². The van der Waals surface area contributed by atoms with Crippen LogP contribution in [0.4, 0.5) is 30.4 Å². The van der Waals surface area contributed by atoms with E-state index in [-0.39, 0.29) is 5.69 Å². The number of rotatable bonds is 4. The average Bonchev–Trinajstić information content (AvgIpc) is 2.73. The number of hydrogen-bond acceptors (Lipinski definition) is 3. The van der Waals surface area contributed by atoms with Gasteiger partial charge in [-0.25, -0.2) is 4.98 Å². The first-order valence-electron chi connectivity index (χ1n) is 10.1. The lowest BCUT2D eigenvalue weighted by Crippen LogP contribution is -2.10. The van der Waals surface area contributed by atoms with Crippen LogP contribution in [0.1, 0.15) is 36.5 Å². The van der Waals surface area contributed by atoms with Gasteiger partial charge in [0.25, 0.3) is 0 Å². The Morgan fingerprint density at radius 1 is 1.00 bits per heavy atom. The largest absolute Gasteiger partial charge is 0.416 e. The number of halogens is 3. The van der Waals surface area contributed by atoms with Gasteiger partial charge < -0.3 is 10.6 Å². The Bertz CT molecular complexity index is 1130. The van der Waals surface area contributed by atoms with Gasteiger partial charge in [0.1, 0.15) is 5.82 Å². The maximum Gasteiger partial charge on any atom is 0.416 e. The second-order valence-electron chi connectivity index (χ2n) is 7.64. The van der Waals surface area contributed by atoms with Crippen molar-refractivity contribution in [3.8, 4) is 11.1 Å². The summed E-state index contributed by atoms with van der Waals surface area (Å²) in [7, 11) is 0. The number of carbonyl (C=O) groups is 1. The van der Waals surface area contributed by atoms with Crippen LogP contribution in [-0.2, 0) is 23.8 Å². The van der Waals surface area contributed by atoms with Crippen molar-refractivity contribution < 1.29 is 18.0 Å². The Morgan fingerprint density at radius 3 is 2.58 bits per heavy atom. The average molecular weight is 425 g/mol. The quantitative estimate of drug-likeness (QED) is 0.512. The maximum atomic E-state index is 13.2. The van der Waals surface area contributed by atoms with E-state index in [2.05, 4.69) is 21.7 Å². The number of benzene rings is 2. The standard InChI is InChI=1S/C24H22F3N3O/c1-15(31)29-22-14-18(24(25,26)27)9-10-20(22)17-11-12-28-23(13-17)30-21-8-4-6-16-5-2-3-7-19(16)21/h4,6,8-14H,2-3,5,7H2,1H3,(H,28,30)(H,29,31). The molecular formula is C24H22F3N3O. The summed E-state index contributed by atoms with van der Waals surface area (Å²) in [6, 6.07) is 13.0. The predicted octanol–water partition coefficient (Wildman–Crippen LogP) is 6.35. The number of nitrogens with one attached hydrogen (secondary N) is 2. The third-order valence-corrected chi connectivity index (χ3v) is 5.39. The molecule has 0 fully saturated rings. The van der Waals surface area contributed by atoms with E-state index in [0.717, 1.165) is 37.1 Å². The number of aromatic nitrogens is 1. The van der Waals surface area contributed by atoms with E-state index in [0.29, 0.717) is 16.9 Å². The predicted molar refractivity (Wildman–Crippen MR) is 115 cm³/mol. The molecule has 1 amide bonds. The monoisotopic (exact) mass is 425 g/mol. The van der Waals surface area contributed by atoms with Gasteiger partial charge >= 0.3 is 6.18 Å². The Balaban J connectivity index is 1.69. The molecule has 0 spiro atoms. The van der Waals surface area contributed by atoms with Crippen molar-refractivity contribution in [3.05, 3.63) is 71.4 Å². The number of pyridine rings is 1. The molecule has 3 aromatic rings. The molecule has 31 heavy (non-hydrogen) atoms. The van der Waals surface area contributed by atoms with Gasteiger partial charge in [-0.3, -0.25) is 4.79 Å². The number of aryl methyl sites for hydroxylation is 1.